The van der Waals surface area contributed by atoms with Gasteiger partial charge < -0.3 is 15.7 Å². The molecule has 4 aromatic rings. The summed E-state index contributed by atoms with van der Waals surface area (Å²) >= 11 is 0. The number of carbonyl (C=O) groups is 1. The molecule has 0 heterocycles. The summed E-state index contributed by atoms with van der Waals surface area (Å²) in [5, 5.41) is 24.8. The molecule has 1 atom stereocenters. The highest BCUT2D eigenvalue weighted by Gasteiger charge is 2.08. The van der Waals surface area contributed by atoms with Crippen molar-refractivity contribution in [3.05, 3.63) is 119 Å². The average Bonchev–Trinajstić information content (AvgIpc) is 2.86. The van der Waals surface area contributed by atoms with Crippen molar-refractivity contribution in [3.63, 3.8) is 0 Å². The zero-order valence-corrected chi connectivity index (χ0v) is 19.1. The van der Waals surface area contributed by atoms with Crippen molar-refractivity contribution < 1.29 is 9.90 Å². The minimum Gasteiger partial charge on any atom is -0.369 e. The predicted octanol–water partition coefficient (Wildman–Crippen LogP) is 7.07. The Morgan fingerprint density at radius 1 is 0.676 bits per heavy atom. The summed E-state index contributed by atoms with van der Waals surface area (Å²) in [6, 6.07) is 29.6. The molecule has 0 fully saturated rings. The second-order valence-electron chi connectivity index (χ2n) is 8.07. The fourth-order valence-electron chi connectivity index (χ4n) is 3.25. The van der Waals surface area contributed by atoms with Crippen molar-refractivity contribution in [1.82, 2.24) is 0 Å². The van der Waals surface area contributed by atoms with Crippen LogP contribution in [0.3, 0.4) is 0 Å². The highest BCUT2D eigenvalue weighted by Crippen LogP contribution is 2.23. The number of nitrogens with one attached hydrogen (secondary N) is 2. The number of hydrogen-bond acceptors (Lipinski definition) is 5. The molecule has 6 nitrogen and oxygen atoms in total. The van der Waals surface area contributed by atoms with Crippen LogP contribution in [0, 0.1) is 13.8 Å². The van der Waals surface area contributed by atoms with Crippen molar-refractivity contribution in [2.45, 2.75) is 20.1 Å². The SMILES string of the molecule is Cc1ccc(NC(=O)c2ccc(N=Nc3ccc(C(O)Nc4ccc(C)cc4)cc3)cc2)cc1. The number of aryl methyl sites for hydroxylation is 2. The van der Waals surface area contributed by atoms with Crippen molar-refractivity contribution in [1.29, 1.82) is 0 Å². The Balaban J connectivity index is 1.34. The van der Waals surface area contributed by atoms with Gasteiger partial charge in [-0.1, -0.05) is 47.5 Å². The molecule has 0 radical (unpaired) electrons. The topological polar surface area (TPSA) is 86.1 Å². The van der Waals surface area contributed by atoms with E-state index in [4.69, 9.17) is 0 Å². The molecule has 0 aromatic heterocycles. The lowest BCUT2D eigenvalue weighted by Gasteiger charge is -2.14. The third-order valence-corrected chi connectivity index (χ3v) is 5.28. The zero-order chi connectivity index (χ0) is 23.9. The molecule has 6 heteroatoms. The van der Waals surface area contributed by atoms with Crippen LogP contribution in [0.2, 0.25) is 0 Å². The summed E-state index contributed by atoms with van der Waals surface area (Å²) in [4.78, 5) is 12.4. The van der Waals surface area contributed by atoms with Gasteiger partial charge in [0, 0.05) is 22.5 Å². The lowest BCUT2D eigenvalue weighted by molar-refractivity contribution is 0.102. The Hall–Kier alpha value is -4.29. The Bertz CT molecular complexity index is 1260. The van der Waals surface area contributed by atoms with Crippen molar-refractivity contribution in [3.8, 4) is 0 Å². The van der Waals surface area contributed by atoms with E-state index >= 15 is 0 Å². The molecule has 0 saturated carbocycles. The van der Waals surface area contributed by atoms with Gasteiger partial charge in [0.25, 0.3) is 5.91 Å². The summed E-state index contributed by atoms with van der Waals surface area (Å²) in [6.45, 7) is 4.02. The number of carbonyl (C=O) groups excluding carboxylic acids is 1. The number of nitrogens with zero attached hydrogens (tertiary/aromatic N) is 2. The van der Waals surface area contributed by atoms with Crippen LogP contribution in [0.15, 0.2) is 107 Å². The van der Waals surface area contributed by atoms with Gasteiger partial charge in [-0.15, -0.1) is 0 Å². The molecule has 0 aliphatic rings. The first-order chi connectivity index (χ1) is 16.5. The molecule has 1 amide bonds. The molecule has 34 heavy (non-hydrogen) atoms. The van der Waals surface area contributed by atoms with E-state index in [1.165, 1.54) is 0 Å². The number of azo groups is 1. The number of amides is 1. The van der Waals surface area contributed by atoms with Gasteiger partial charge in [0.1, 0.15) is 0 Å². The van der Waals surface area contributed by atoms with Gasteiger partial charge >= 0.3 is 0 Å². The third-order valence-electron chi connectivity index (χ3n) is 5.28. The predicted molar refractivity (Wildman–Crippen MR) is 136 cm³/mol. The first-order valence-corrected chi connectivity index (χ1v) is 11.0. The fourth-order valence-corrected chi connectivity index (χ4v) is 3.25. The second-order valence-corrected chi connectivity index (χ2v) is 8.07. The van der Waals surface area contributed by atoms with Crippen LogP contribution in [-0.4, -0.2) is 11.0 Å². The van der Waals surface area contributed by atoms with E-state index in [0.29, 0.717) is 16.9 Å². The van der Waals surface area contributed by atoms with Gasteiger partial charge in [-0.05, 0) is 74.5 Å². The smallest absolute Gasteiger partial charge is 0.255 e. The van der Waals surface area contributed by atoms with Crippen LogP contribution in [0.1, 0.15) is 33.3 Å². The normalized spacial score (nSPS) is 11.9. The molecule has 0 aliphatic heterocycles. The molecule has 0 spiro atoms. The van der Waals surface area contributed by atoms with E-state index in [2.05, 4.69) is 20.9 Å². The number of aliphatic hydroxyl groups excluding tert-OH is 1. The summed E-state index contributed by atoms with van der Waals surface area (Å²) in [6.07, 6.45) is -0.827. The number of rotatable bonds is 7. The van der Waals surface area contributed by atoms with Crippen LogP contribution < -0.4 is 10.6 Å². The molecule has 1 unspecified atom stereocenters. The van der Waals surface area contributed by atoms with E-state index in [1.54, 1.807) is 48.5 Å². The maximum atomic E-state index is 12.4. The molecular formula is C28H26N4O2. The Morgan fingerprint density at radius 3 is 1.68 bits per heavy atom. The quantitative estimate of drug-likeness (QED) is 0.208. The first-order valence-electron chi connectivity index (χ1n) is 11.0. The van der Waals surface area contributed by atoms with Crippen molar-refractivity contribution >= 4 is 28.7 Å². The minimum atomic E-state index is -0.827. The van der Waals surface area contributed by atoms with E-state index in [0.717, 1.165) is 28.1 Å². The summed E-state index contributed by atoms with van der Waals surface area (Å²) in [5.74, 6) is -0.180. The van der Waals surface area contributed by atoms with Crippen molar-refractivity contribution in [2.24, 2.45) is 10.2 Å². The maximum absolute atomic E-state index is 12.4. The van der Waals surface area contributed by atoms with Crippen LogP contribution in [0.5, 0.6) is 0 Å². The van der Waals surface area contributed by atoms with Crippen LogP contribution in [0.4, 0.5) is 22.7 Å². The standard InChI is InChI=1S/C28H26N4O2/c1-19-3-11-23(12-4-19)29-27(33)21-7-15-25(16-8-21)31-32-26-17-9-22(10-18-26)28(34)30-24-13-5-20(2)6-14-24/h3-18,27,29,33H,1-2H3,(H,30,34). The second kappa shape index (κ2) is 10.6. The molecular weight excluding hydrogens is 424 g/mol. The monoisotopic (exact) mass is 450 g/mol. The van der Waals surface area contributed by atoms with Gasteiger partial charge in [0.05, 0.1) is 11.4 Å². The largest absolute Gasteiger partial charge is 0.369 e. The summed E-state index contributed by atoms with van der Waals surface area (Å²) in [5.41, 5.74) is 6.46. The molecule has 0 aliphatic carbocycles. The molecule has 0 saturated heterocycles. The van der Waals surface area contributed by atoms with Crippen LogP contribution in [-0.2, 0) is 0 Å². The maximum Gasteiger partial charge on any atom is 0.255 e. The molecule has 0 bridgehead atoms. The Kier molecular flexibility index (Phi) is 7.10. The average molecular weight is 451 g/mol. The van der Waals surface area contributed by atoms with Gasteiger partial charge in [-0.3, -0.25) is 4.79 Å². The summed E-state index contributed by atoms with van der Waals surface area (Å²) < 4.78 is 0. The van der Waals surface area contributed by atoms with Gasteiger partial charge in [-0.2, -0.15) is 10.2 Å². The summed E-state index contributed by atoms with van der Waals surface area (Å²) in [7, 11) is 0. The van der Waals surface area contributed by atoms with Crippen LogP contribution >= 0.6 is 0 Å². The highest BCUT2D eigenvalue weighted by molar-refractivity contribution is 6.04. The number of hydrogen-bond donors (Lipinski definition) is 3. The van der Waals surface area contributed by atoms with E-state index < -0.39 is 6.23 Å². The lowest BCUT2D eigenvalue weighted by atomic mass is 10.1. The first kappa shape index (κ1) is 22.9. The lowest BCUT2D eigenvalue weighted by Crippen LogP contribution is -2.11. The molecule has 3 N–H and O–H groups in total. The van der Waals surface area contributed by atoms with Crippen LogP contribution in [0.25, 0.3) is 0 Å². The molecule has 4 rings (SSSR count). The van der Waals surface area contributed by atoms with Crippen molar-refractivity contribution in [2.75, 3.05) is 10.6 Å². The highest BCUT2D eigenvalue weighted by atomic mass is 16.3. The fraction of sp³-hybridized carbons (Fsp3) is 0.107. The van der Waals surface area contributed by atoms with E-state index in [-0.39, 0.29) is 5.91 Å². The number of aliphatic hydroxyl groups is 1. The number of benzene rings is 4. The van der Waals surface area contributed by atoms with Gasteiger partial charge in [-0.25, -0.2) is 0 Å². The Labute approximate surface area is 199 Å². The third kappa shape index (κ3) is 6.15. The minimum absolute atomic E-state index is 0.180. The molecule has 4 aromatic carbocycles. The van der Waals surface area contributed by atoms with E-state index in [9.17, 15) is 9.90 Å². The van der Waals surface area contributed by atoms with Gasteiger partial charge in [0.15, 0.2) is 6.23 Å². The van der Waals surface area contributed by atoms with E-state index in [1.807, 2.05) is 62.4 Å². The number of anilines is 2. The zero-order valence-electron chi connectivity index (χ0n) is 19.1. The molecule has 170 valence electrons. The van der Waals surface area contributed by atoms with Gasteiger partial charge in [0.2, 0.25) is 0 Å². The Morgan fingerprint density at radius 2 is 1.15 bits per heavy atom.